The molecule has 4 rings (SSSR count). The minimum atomic E-state index is -0.435. The average molecular weight is 572 g/mol. The van der Waals surface area contributed by atoms with E-state index in [1.165, 1.54) is 23.7 Å². The summed E-state index contributed by atoms with van der Waals surface area (Å²) in [7, 11) is 1.54. The Morgan fingerprint density at radius 3 is 2.62 bits per heavy atom. The minimum absolute atomic E-state index is 0.00121. The van der Waals surface area contributed by atoms with Gasteiger partial charge in [-0.1, -0.05) is 12.1 Å². The molecular formula is C26H27BrFN5O4. The van der Waals surface area contributed by atoms with Crippen LogP contribution in [0.2, 0.25) is 0 Å². The molecule has 0 unspecified atom stereocenters. The highest BCUT2D eigenvalue weighted by Gasteiger charge is 2.23. The second kappa shape index (κ2) is 11.1. The van der Waals surface area contributed by atoms with Crippen LogP contribution in [0.5, 0.6) is 5.88 Å². The normalized spacial score (nSPS) is 12.7. The van der Waals surface area contributed by atoms with E-state index in [4.69, 9.17) is 4.74 Å². The number of aromatic nitrogens is 2. The maximum Gasteiger partial charge on any atom is 0.315 e. The van der Waals surface area contributed by atoms with Crippen LogP contribution in [0, 0.1) is 19.7 Å². The molecule has 0 aliphatic heterocycles. The van der Waals surface area contributed by atoms with Crippen LogP contribution < -0.4 is 26.2 Å². The van der Waals surface area contributed by atoms with Gasteiger partial charge in [0.1, 0.15) is 22.7 Å². The molecule has 37 heavy (non-hydrogen) atoms. The van der Waals surface area contributed by atoms with Crippen molar-refractivity contribution >= 4 is 27.9 Å². The fraction of sp³-hybridized carbons (Fsp3) is 0.308. The van der Waals surface area contributed by atoms with Crippen LogP contribution in [0.25, 0.3) is 5.69 Å². The molecule has 1 aliphatic carbocycles. The number of amides is 3. The number of ether oxygens (including phenoxy) is 1. The Morgan fingerprint density at radius 2 is 1.92 bits per heavy atom. The molecule has 194 valence electrons. The summed E-state index contributed by atoms with van der Waals surface area (Å²) >= 11 is 3.31. The predicted octanol–water partition coefficient (Wildman–Crippen LogP) is 3.65. The summed E-state index contributed by atoms with van der Waals surface area (Å²) in [5.41, 5.74) is 2.51. The molecule has 11 heteroatoms. The van der Waals surface area contributed by atoms with E-state index in [1.54, 1.807) is 31.2 Å². The van der Waals surface area contributed by atoms with Crippen LogP contribution in [0.4, 0.5) is 9.18 Å². The number of carbonyl (C=O) groups is 2. The van der Waals surface area contributed by atoms with Gasteiger partial charge in [0.25, 0.3) is 11.5 Å². The molecule has 9 nitrogen and oxygen atoms in total. The summed E-state index contributed by atoms with van der Waals surface area (Å²) in [5, 5.41) is 8.13. The number of urea groups is 1. The lowest BCUT2D eigenvalue weighted by Gasteiger charge is -2.17. The molecule has 1 heterocycles. The van der Waals surface area contributed by atoms with Crippen molar-refractivity contribution in [2.24, 2.45) is 0 Å². The van der Waals surface area contributed by atoms with E-state index >= 15 is 0 Å². The number of aryl methyl sites for hydroxylation is 2. The molecule has 0 atom stereocenters. The predicted molar refractivity (Wildman–Crippen MR) is 140 cm³/mol. The van der Waals surface area contributed by atoms with Gasteiger partial charge < -0.3 is 20.7 Å². The standard InChI is InChI=1S/C26H27BrFN5O4/c1-14-4-5-16(23(34)29-3)11-21(14)33-15(2)31-24(22(27)25(33)35)37-13-17-6-7-19(28)10-18(17)12-30-26(36)32-20-8-9-20/h4-7,10-11,20H,8-9,12-13H2,1-3H3,(H,29,34)(H2,30,32,36). The van der Waals surface area contributed by atoms with Crippen LogP contribution in [-0.2, 0) is 13.2 Å². The summed E-state index contributed by atoms with van der Waals surface area (Å²) < 4.78 is 21.3. The van der Waals surface area contributed by atoms with Crippen molar-refractivity contribution < 1.29 is 18.7 Å². The average Bonchev–Trinajstić information content (AvgIpc) is 3.69. The first-order chi connectivity index (χ1) is 17.7. The highest BCUT2D eigenvalue weighted by molar-refractivity contribution is 9.10. The van der Waals surface area contributed by atoms with Crippen LogP contribution in [-0.4, -0.2) is 34.6 Å². The summed E-state index contributed by atoms with van der Waals surface area (Å²) in [4.78, 5) is 41.9. The Kier molecular flexibility index (Phi) is 7.91. The van der Waals surface area contributed by atoms with Crippen molar-refractivity contribution in [1.82, 2.24) is 25.5 Å². The molecule has 1 fully saturated rings. The maximum atomic E-state index is 13.9. The van der Waals surface area contributed by atoms with Crippen molar-refractivity contribution in [3.63, 3.8) is 0 Å². The van der Waals surface area contributed by atoms with Gasteiger partial charge in [-0.2, -0.15) is 4.98 Å². The number of rotatable bonds is 8. The maximum absolute atomic E-state index is 13.9. The van der Waals surface area contributed by atoms with Gasteiger partial charge in [0.15, 0.2) is 0 Å². The summed E-state index contributed by atoms with van der Waals surface area (Å²) in [6, 6.07) is 9.19. The SMILES string of the molecule is CNC(=O)c1ccc(C)c(-n2c(C)nc(OCc3ccc(F)cc3CNC(=O)NC3CC3)c(Br)c2=O)c1. The molecule has 1 saturated carbocycles. The molecule has 1 aliphatic rings. The van der Waals surface area contributed by atoms with E-state index in [0.717, 1.165) is 18.4 Å². The zero-order chi connectivity index (χ0) is 26.7. The van der Waals surface area contributed by atoms with Crippen LogP contribution >= 0.6 is 15.9 Å². The van der Waals surface area contributed by atoms with Crippen LogP contribution in [0.3, 0.4) is 0 Å². The molecule has 0 spiro atoms. The first-order valence-corrected chi connectivity index (χ1v) is 12.5. The van der Waals surface area contributed by atoms with Crippen molar-refractivity contribution in [3.8, 4) is 11.6 Å². The number of halogens is 2. The van der Waals surface area contributed by atoms with Gasteiger partial charge in [-0.3, -0.25) is 14.2 Å². The third-order valence-corrected chi connectivity index (χ3v) is 6.67. The monoisotopic (exact) mass is 571 g/mol. The van der Waals surface area contributed by atoms with Gasteiger partial charge in [0, 0.05) is 25.2 Å². The highest BCUT2D eigenvalue weighted by Crippen LogP contribution is 2.24. The van der Waals surface area contributed by atoms with Crippen molar-refractivity contribution in [1.29, 1.82) is 0 Å². The summed E-state index contributed by atoms with van der Waals surface area (Å²) in [5.74, 6) is -0.268. The fourth-order valence-electron chi connectivity index (χ4n) is 3.78. The molecule has 3 N–H and O–H groups in total. The Bertz CT molecular complexity index is 1420. The van der Waals surface area contributed by atoms with Gasteiger partial charge >= 0.3 is 6.03 Å². The van der Waals surface area contributed by atoms with Crippen molar-refractivity contribution in [2.45, 2.75) is 45.9 Å². The smallest absolute Gasteiger partial charge is 0.315 e. The Morgan fingerprint density at radius 1 is 1.16 bits per heavy atom. The lowest BCUT2D eigenvalue weighted by Crippen LogP contribution is -2.36. The molecule has 0 bridgehead atoms. The zero-order valence-electron chi connectivity index (χ0n) is 20.7. The zero-order valence-corrected chi connectivity index (χ0v) is 22.2. The molecule has 0 saturated heterocycles. The number of carbonyl (C=O) groups excluding carboxylic acids is 2. The Labute approximate surface area is 221 Å². The molecule has 2 aromatic carbocycles. The lowest BCUT2D eigenvalue weighted by molar-refractivity contribution is 0.0963. The van der Waals surface area contributed by atoms with E-state index in [-0.39, 0.29) is 41.5 Å². The molecule has 3 aromatic rings. The number of nitrogens with zero attached hydrogens (tertiary/aromatic N) is 2. The first-order valence-electron chi connectivity index (χ1n) is 11.7. The number of hydrogen-bond acceptors (Lipinski definition) is 5. The van der Waals surface area contributed by atoms with Crippen LogP contribution in [0.1, 0.15) is 45.7 Å². The lowest BCUT2D eigenvalue weighted by atomic mass is 10.1. The second-order valence-corrected chi connectivity index (χ2v) is 9.60. The largest absolute Gasteiger partial charge is 0.472 e. The Hall–Kier alpha value is -3.73. The van der Waals surface area contributed by atoms with Gasteiger partial charge in [0.2, 0.25) is 5.88 Å². The highest BCUT2D eigenvalue weighted by atomic mass is 79.9. The molecule has 0 radical (unpaired) electrons. The van der Waals surface area contributed by atoms with Crippen molar-refractivity contribution in [2.75, 3.05) is 7.05 Å². The van der Waals surface area contributed by atoms with E-state index in [2.05, 4.69) is 36.9 Å². The van der Waals surface area contributed by atoms with Gasteiger partial charge in [-0.05, 0) is 83.6 Å². The quantitative estimate of drug-likeness (QED) is 0.382. The first kappa shape index (κ1) is 26.3. The summed E-state index contributed by atoms with van der Waals surface area (Å²) in [6.45, 7) is 3.62. The van der Waals surface area contributed by atoms with E-state index in [9.17, 15) is 18.8 Å². The fourth-order valence-corrected chi connectivity index (χ4v) is 4.16. The van der Waals surface area contributed by atoms with Gasteiger partial charge in [-0.25, -0.2) is 9.18 Å². The third-order valence-electron chi connectivity index (χ3n) is 5.99. The molecule has 1 aromatic heterocycles. The summed E-state index contributed by atoms with van der Waals surface area (Å²) in [6.07, 6.45) is 1.93. The van der Waals surface area contributed by atoms with Gasteiger partial charge in [0.05, 0.1) is 5.69 Å². The molecule has 3 amide bonds. The van der Waals surface area contributed by atoms with Crippen molar-refractivity contribution in [3.05, 3.63) is 85.1 Å². The topological polar surface area (TPSA) is 114 Å². The Balaban J connectivity index is 1.56. The van der Waals surface area contributed by atoms with Crippen LogP contribution in [0.15, 0.2) is 45.7 Å². The van der Waals surface area contributed by atoms with Gasteiger partial charge in [-0.15, -0.1) is 0 Å². The van der Waals surface area contributed by atoms with E-state index < -0.39 is 11.4 Å². The van der Waals surface area contributed by atoms with E-state index in [1.807, 2.05) is 6.92 Å². The molecular weight excluding hydrogens is 545 g/mol. The van der Waals surface area contributed by atoms with E-state index in [0.29, 0.717) is 28.2 Å². The third kappa shape index (κ3) is 6.16. The number of benzene rings is 2. The number of hydrogen-bond donors (Lipinski definition) is 3. The second-order valence-electron chi connectivity index (χ2n) is 8.80. The minimum Gasteiger partial charge on any atom is -0.472 e. The number of nitrogens with one attached hydrogen (secondary N) is 3.